The molecule has 0 spiro atoms. The van der Waals surface area contributed by atoms with Crippen LogP contribution in [0.1, 0.15) is 46.0 Å². The van der Waals surface area contributed by atoms with Crippen LogP contribution in [0.5, 0.6) is 0 Å². The van der Waals surface area contributed by atoms with Crippen molar-refractivity contribution in [3.8, 4) is 0 Å². The summed E-state index contributed by atoms with van der Waals surface area (Å²) in [6.45, 7) is 4.96. The number of anilines is 1. The fourth-order valence-corrected chi connectivity index (χ4v) is 1.95. The molecule has 1 rings (SSSR count). The molecule has 0 fully saturated rings. The van der Waals surface area contributed by atoms with E-state index in [2.05, 4.69) is 6.92 Å². The number of carbonyl (C=O) groups excluding carboxylic acids is 1. The molecule has 1 amide bonds. The molecule has 1 aromatic carbocycles. The minimum absolute atomic E-state index is 0.245. The second-order valence-electron chi connectivity index (χ2n) is 4.28. The molecule has 0 N–H and O–H groups in total. The molecular formula is C15H23NO. The second-order valence-corrected chi connectivity index (χ2v) is 4.28. The van der Waals surface area contributed by atoms with Gasteiger partial charge in [-0.05, 0) is 25.5 Å². The van der Waals surface area contributed by atoms with Crippen molar-refractivity contribution in [1.29, 1.82) is 0 Å². The van der Waals surface area contributed by atoms with Crippen LogP contribution in [-0.2, 0) is 4.79 Å². The molecule has 0 aromatic heterocycles. The van der Waals surface area contributed by atoms with E-state index in [4.69, 9.17) is 0 Å². The van der Waals surface area contributed by atoms with Gasteiger partial charge in [0.05, 0.1) is 0 Å². The van der Waals surface area contributed by atoms with E-state index in [1.807, 2.05) is 42.2 Å². The summed E-state index contributed by atoms with van der Waals surface area (Å²) in [4.78, 5) is 13.9. The number of benzene rings is 1. The van der Waals surface area contributed by atoms with Crippen LogP contribution < -0.4 is 4.90 Å². The molecule has 0 aliphatic heterocycles. The van der Waals surface area contributed by atoms with Crippen molar-refractivity contribution in [2.45, 2.75) is 46.0 Å². The molecular weight excluding hydrogens is 210 g/mol. The first-order chi connectivity index (χ1) is 8.29. The van der Waals surface area contributed by atoms with Crippen LogP contribution >= 0.6 is 0 Å². The normalized spacial score (nSPS) is 10.2. The second kappa shape index (κ2) is 7.88. The highest BCUT2D eigenvalue weighted by Crippen LogP contribution is 2.15. The summed E-state index contributed by atoms with van der Waals surface area (Å²) < 4.78 is 0. The molecule has 0 radical (unpaired) electrons. The van der Waals surface area contributed by atoms with E-state index in [1.165, 1.54) is 12.8 Å². The zero-order chi connectivity index (χ0) is 12.5. The summed E-state index contributed by atoms with van der Waals surface area (Å²) in [5.41, 5.74) is 1.01. The fourth-order valence-electron chi connectivity index (χ4n) is 1.95. The smallest absolute Gasteiger partial charge is 0.226 e. The maximum absolute atomic E-state index is 12.1. The first-order valence-corrected chi connectivity index (χ1v) is 6.65. The van der Waals surface area contributed by atoms with Gasteiger partial charge in [-0.2, -0.15) is 0 Å². The molecule has 94 valence electrons. The maximum Gasteiger partial charge on any atom is 0.226 e. The van der Waals surface area contributed by atoms with E-state index >= 15 is 0 Å². The number of carbonyl (C=O) groups is 1. The molecule has 0 saturated carbocycles. The molecule has 0 atom stereocenters. The molecule has 0 aliphatic carbocycles. The molecule has 0 aliphatic rings. The molecule has 0 saturated heterocycles. The van der Waals surface area contributed by atoms with Gasteiger partial charge in [-0.25, -0.2) is 0 Å². The van der Waals surface area contributed by atoms with Gasteiger partial charge in [0.2, 0.25) is 5.91 Å². The Hall–Kier alpha value is -1.31. The van der Waals surface area contributed by atoms with Crippen LogP contribution in [-0.4, -0.2) is 12.5 Å². The van der Waals surface area contributed by atoms with Crippen molar-refractivity contribution in [3.05, 3.63) is 30.3 Å². The Kier molecular flexibility index (Phi) is 6.38. The summed E-state index contributed by atoms with van der Waals surface area (Å²) in [5.74, 6) is 0.245. The molecule has 1 aromatic rings. The highest BCUT2D eigenvalue weighted by molar-refractivity contribution is 5.93. The lowest BCUT2D eigenvalue weighted by atomic mass is 10.1. The van der Waals surface area contributed by atoms with Gasteiger partial charge in [0.1, 0.15) is 0 Å². The number of rotatable bonds is 7. The molecule has 2 nitrogen and oxygen atoms in total. The van der Waals surface area contributed by atoms with Gasteiger partial charge in [0.15, 0.2) is 0 Å². The molecule has 0 bridgehead atoms. The van der Waals surface area contributed by atoms with E-state index in [9.17, 15) is 4.79 Å². The summed E-state index contributed by atoms with van der Waals surface area (Å²) >= 11 is 0. The predicted octanol–water partition coefficient (Wildman–Crippen LogP) is 4.01. The first kappa shape index (κ1) is 13.8. The summed E-state index contributed by atoms with van der Waals surface area (Å²) in [6.07, 6.45) is 5.28. The van der Waals surface area contributed by atoms with E-state index < -0.39 is 0 Å². The number of hydrogen-bond acceptors (Lipinski definition) is 1. The van der Waals surface area contributed by atoms with Crippen LogP contribution in [0.3, 0.4) is 0 Å². The van der Waals surface area contributed by atoms with Crippen molar-refractivity contribution in [3.63, 3.8) is 0 Å². The van der Waals surface area contributed by atoms with Crippen molar-refractivity contribution in [1.82, 2.24) is 0 Å². The lowest BCUT2D eigenvalue weighted by molar-refractivity contribution is -0.118. The zero-order valence-electron chi connectivity index (χ0n) is 11.0. The molecule has 0 heterocycles. The lowest BCUT2D eigenvalue weighted by Crippen LogP contribution is -2.30. The van der Waals surface area contributed by atoms with Crippen molar-refractivity contribution in [2.24, 2.45) is 0 Å². The number of para-hydroxylation sites is 1. The number of amides is 1. The average molecular weight is 233 g/mol. The van der Waals surface area contributed by atoms with Crippen LogP contribution in [0, 0.1) is 0 Å². The van der Waals surface area contributed by atoms with Crippen LogP contribution in [0.2, 0.25) is 0 Å². The Bertz CT molecular complexity index is 321. The number of hydrogen-bond donors (Lipinski definition) is 0. The van der Waals surface area contributed by atoms with Gasteiger partial charge in [-0.3, -0.25) is 4.79 Å². The average Bonchev–Trinajstić information content (AvgIpc) is 2.37. The fraction of sp³-hybridized carbons (Fsp3) is 0.533. The third-order valence-electron chi connectivity index (χ3n) is 2.93. The molecule has 2 heteroatoms. The van der Waals surface area contributed by atoms with Gasteiger partial charge >= 0.3 is 0 Å². The molecule has 0 unspecified atom stereocenters. The summed E-state index contributed by atoms with van der Waals surface area (Å²) in [7, 11) is 0. The van der Waals surface area contributed by atoms with Crippen molar-refractivity contribution >= 4 is 11.6 Å². The summed E-state index contributed by atoms with van der Waals surface area (Å²) in [6, 6.07) is 9.91. The molecule has 17 heavy (non-hydrogen) atoms. The summed E-state index contributed by atoms with van der Waals surface area (Å²) in [5, 5.41) is 0. The van der Waals surface area contributed by atoms with Crippen molar-refractivity contribution < 1.29 is 4.79 Å². The predicted molar refractivity (Wildman–Crippen MR) is 73.2 cm³/mol. The Labute approximate surface area is 105 Å². The Balaban J connectivity index is 2.48. The highest BCUT2D eigenvalue weighted by Gasteiger charge is 2.12. The van der Waals surface area contributed by atoms with Crippen molar-refractivity contribution in [2.75, 3.05) is 11.4 Å². The van der Waals surface area contributed by atoms with E-state index in [0.717, 1.165) is 25.1 Å². The zero-order valence-corrected chi connectivity index (χ0v) is 11.0. The highest BCUT2D eigenvalue weighted by atomic mass is 16.2. The van der Waals surface area contributed by atoms with Gasteiger partial charge in [-0.1, -0.05) is 44.4 Å². The van der Waals surface area contributed by atoms with E-state index in [1.54, 1.807) is 0 Å². The van der Waals surface area contributed by atoms with E-state index in [0.29, 0.717) is 6.42 Å². The Morgan fingerprint density at radius 2 is 1.76 bits per heavy atom. The quantitative estimate of drug-likeness (QED) is 0.652. The van der Waals surface area contributed by atoms with E-state index in [-0.39, 0.29) is 5.91 Å². The maximum atomic E-state index is 12.1. The Morgan fingerprint density at radius 1 is 1.06 bits per heavy atom. The monoisotopic (exact) mass is 233 g/mol. The Morgan fingerprint density at radius 3 is 2.35 bits per heavy atom. The van der Waals surface area contributed by atoms with Gasteiger partial charge in [0, 0.05) is 18.7 Å². The van der Waals surface area contributed by atoms with Gasteiger partial charge in [-0.15, -0.1) is 0 Å². The van der Waals surface area contributed by atoms with Crippen LogP contribution in [0.4, 0.5) is 5.69 Å². The third-order valence-corrected chi connectivity index (χ3v) is 2.93. The largest absolute Gasteiger partial charge is 0.313 e. The first-order valence-electron chi connectivity index (χ1n) is 6.65. The van der Waals surface area contributed by atoms with Crippen LogP contribution in [0.15, 0.2) is 30.3 Å². The SMILES string of the molecule is CCCCCCC(=O)N(CC)c1ccccc1. The standard InChI is InChI=1S/C15H23NO/c1-3-5-6-10-13-15(17)16(4-2)14-11-8-7-9-12-14/h7-9,11-12H,3-6,10,13H2,1-2H3. The van der Waals surface area contributed by atoms with Gasteiger partial charge < -0.3 is 4.90 Å². The number of unbranched alkanes of at least 4 members (excludes halogenated alkanes) is 3. The number of nitrogens with zero attached hydrogens (tertiary/aromatic N) is 1. The van der Waals surface area contributed by atoms with Gasteiger partial charge in [0.25, 0.3) is 0 Å². The topological polar surface area (TPSA) is 20.3 Å². The van der Waals surface area contributed by atoms with Crippen LogP contribution in [0.25, 0.3) is 0 Å². The minimum atomic E-state index is 0.245. The third kappa shape index (κ3) is 4.59. The lowest BCUT2D eigenvalue weighted by Gasteiger charge is -2.20. The minimum Gasteiger partial charge on any atom is -0.313 e.